The first-order valence-electron chi connectivity index (χ1n) is 6.83. The third-order valence-corrected chi connectivity index (χ3v) is 4.16. The maximum Gasteiger partial charge on any atom is 0.133 e. The summed E-state index contributed by atoms with van der Waals surface area (Å²) in [5, 5.41) is 5.59. The predicted molar refractivity (Wildman–Crippen MR) is 91.3 cm³/mol. The summed E-state index contributed by atoms with van der Waals surface area (Å²) in [6.07, 6.45) is 1.81. The van der Waals surface area contributed by atoms with Gasteiger partial charge in [-0.05, 0) is 17.7 Å². The SMILES string of the molecule is NC(CNc1nccc2c(Br)cccc12)c1ccccc1. The molecule has 21 heavy (non-hydrogen) atoms. The molecule has 1 unspecified atom stereocenters. The van der Waals surface area contributed by atoms with Crippen molar-refractivity contribution in [2.75, 3.05) is 11.9 Å². The maximum absolute atomic E-state index is 6.22. The lowest BCUT2D eigenvalue weighted by atomic mass is 10.1. The van der Waals surface area contributed by atoms with E-state index in [1.165, 1.54) is 0 Å². The molecule has 0 saturated heterocycles. The molecule has 3 N–H and O–H groups in total. The van der Waals surface area contributed by atoms with Gasteiger partial charge in [0.2, 0.25) is 0 Å². The average molecular weight is 342 g/mol. The number of aromatic nitrogens is 1. The maximum atomic E-state index is 6.22. The summed E-state index contributed by atoms with van der Waals surface area (Å²) in [5.74, 6) is 0.861. The minimum absolute atomic E-state index is 0.0598. The molecule has 0 aliphatic heterocycles. The van der Waals surface area contributed by atoms with Gasteiger partial charge in [0.25, 0.3) is 0 Å². The second-order valence-electron chi connectivity index (χ2n) is 4.89. The van der Waals surface area contributed by atoms with Gasteiger partial charge in [-0.3, -0.25) is 0 Å². The Morgan fingerprint density at radius 1 is 1.00 bits per heavy atom. The molecular weight excluding hydrogens is 326 g/mol. The van der Waals surface area contributed by atoms with Crippen LogP contribution in [0.15, 0.2) is 65.3 Å². The van der Waals surface area contributed by atoms with Crippen molar-refractivity contribution in [1.82, 2.24) is 4.98 Å². The summed E-state index contributed by atoms with van der Waals surface area (Å²) in [4.78, 5) is 4.43. The lowest BCUT2D eigenvalue weighted by Gasteiger charge is -2.15. The number of nitrogens with zero attached hydrogens (tertiary/aromatic N) is 1. The summed E-state index contributed by atoms with van der Waals surface area (Å²) >= 11 is 3.57. The molecule has 0 amide bonds. The minimum atomic E-state index is -0.0598. The van der Waals surface area contributed by atoms with Crippen LogP contribution < -0.4 is 11.1 Å². The Hall–Kier alpha value is -1.91. The Kier molecular flexibility index (Phi) is 4.18. The molecule has 106 valence electrons. The Labute approximate surface area is 132 Å². The van der Waals surface area contributed by atoms with Crippen molar-refractivity contribution in [2.45, 2.75) is 6.04 Å². The van der Waals surface area contributed by atoms with E-state index in [0.29, 0.717) is 6.54 Å². The number of hydrogen-bond donors (Lipinski definition) is 2. The van der Waals surface area contributed by atoms with Crippen LogP contribution in [-0.4, -0.2) is 11.5 Å². The monoisotopic (exact) mass is 341 g/mol. The van der Waals surface area contributed by atoms with Gasteiger partial charge in [0, 0.05) is 34.0 Å². The van der Waals surface area contributed by atoms with Gasteiger partial charge in [0.15, 0.2) is 0 Å². The molecule has 3 aromatic rings. The number of halogens is 1. The van der Waals surface area contributed by atoms with E-state index in [1.54, 1.807) is 0 Å². The number of nitrogens with one attached hydrogen (secondary N) is 1. The largest absolute Gasteiger partial charge is 0.368 e. The van der Waals surface area contributed by atoms with E-state index in [4.69, 9.17) is 5.73 Å². The second-order valence-corrected chi connectivity index (χ2v) is 5.75. The molecule has 3 rings (SSSR count). The van der Waals surface area contributed by atoms with Gasteiger partial charge in [-0.25, -0.2) is 4.98 Å². The van der Waals surface area contributed by atoms with Crippen LogP contribution in [0.2, 0.25) is 0 Å². The molecule has 0 aliphatic rings. The third kappa shape index (κ3) is 3.06. The fraction of sp³-hybridized carbons (Fsp3) is 0.118. The molecule has 1 aromatic heterocycles. The van der Waals surface area contributed by atoms with Crippen LogP contribution in [0.5, 0.6) is 0 Å². The fourth-order valence-corrected chi connectivity index (χ4v) is 2.83. The molecule has 0 spiro atoms. The topological polar surface area (TPSA) is 50.9 Å². The van der Waals surface area contributed by atoms with Crippen LogP contribution >= 0.6 is 15.9 Å². The lowest BCUT2D eigenvalue weighted by Crippen LogP contribution is -2.21. The number of nitrogens with two attached hydrogens (primary N) is 1. The molecule has 0 saturated carbocycles. The zero-order valence-electron chi connectivity index (χ0n) is 11.5. The predicted octanol–water partition coefficient (Wildman–Crippen LogP) is 4.11. The molecule has 2 aromatic carbocycles. The van der Waals surface area contributed by atoms with Gasteiger partial charge in [-0.1, -0.05) is 58.4 Å². The lowest BCUT2D eigenvalue weighted by molar-refractivity contribution is 0.763. The summed E-state index contributed by atoms with van der Waals surface area (Å²) < 4.78 is 1.07. The summed E-state index contributed by atoms with van der Waals surface area (Å²) in [7, 11) is 0. The highest BCUT2D eigenvalue weighted by molar-refractivity contribution is 9.10. The quantitative estimate of drug-likeness (QED) is 0.750. The minimum Gasteiger partial charge on any atom is -0.368 e. The van der Waals surface area contributed by atoms with Crippen LogP contribution in [0.3, 0.4) is 0 Å². The van der Waals surface area contributed by atoms with Crippen molar-refractivity contribution in [1.29, 1.82) is 0 Å². The van der Waals surface area contributed by atoms with E-state index in [-0.39, 0.29) is 6.04 Å². The zero-order valence-corrected chi connectivity index (χ0v) is 13.0. The van der Waals surface area contributed by atoms with Gasteiger partial charge in [0.05, 0.1) is 0 Å². The average Bonchev–Trinajstić information content (AvgIpc) is 2.54. The first-order valence-corrected chi connectivity index (χ1v) is 7.62. The Morgan fingerprint density at radius 2 is 1.81 bits per heavy atom. The van der Waals surface area contributed by atoms with Crippen LogP contribution in [0, 0.1) is 0 Å². The van der Waals surface area contributed by atoms with Crippen molar-refractivity contribution in [3.05, 3.63) is 70.8 Å². The van der Waals surface area contributed by atoms with Crippen LogP contribution in [-0.2, 0) is 0 Å². The highest BCUT2D eigenvalue weighted by Gasteiger charge is 2.08. The molecule has 1 heterocycles. The van der Waals surface area contributed by atoms with Gasteiger partial charge in [-0.2, -0.15) is 0 Å². The van der Waals surface area contributed by atoms with Gasteiger partial charge >= 0.3 is 0 Å². The first-order chi connectivity index (χ1) is 10.3. The van der Waals surface area contributed by atoms with E-state index < -0.39 is 0 Å². The van der Waals surface area contributed by atoms with E-state index >= 15 is 0 Å². The number of hydrogen-bond acceptors (Lipinski definition) is 3. The number of benzene rings is 2. The first kappa shape index (κ1) is 14.0. The molecule has 0 aliphatic carbocycles. The number of rotatable bonds is 4. The number of fused-ring (bicyclic) bond motifs is 1. The van der Waals surface area contributed by atoms with E-state index in [2.05, 4.69) is 32.3 Å². The molecule has 0 bridgehead atoms. The highest BCUT2D eigenvalue weighted by Crippen LogP contribution is 2.27. The Bertz CT molecular complexity index is 743. The van der Waals surface area contributed by atoms with Crippen molar-refractivity contribution in [3.63, 3.8) is 0 Å². The van der Waals surface area contributed by atoms with E-state index in [1.807, 2.05) is 54.7 Å². The summed E-state index contributed by atoms with van der Waals surface area (Å²) in [6, 6.07) is 18.1. The van der Waals surface area contributed by atoms with Crippen LogP contribution in [0.25, 0.3) is 10.8 Å². The Balaban J connectivity index is 1.81. The molecule has 0 radical (unpaired) electrons. The fourth-order valence-electron chi connectivity index (χ4n) is 2.33. The van der Waals surface area contributed by atoms with E-state index in [9.17, 15) is 0 Å². The van der Waals surface area contributed by atoms with Crippen LogP contribution in [0.4, 0.5) is 5.82 Å². The number of anilines is 1. The van der Waals surface area contributed by atoms with Crippen LogP contribution in [0.1, 0.15) is 11.6 Å². The summed E-state index contributed by atoms with van der Waals surface area (Å²) in [5.41, 5.74) is 7.33. The van der Waals surface area contributed by atoms with Gasteiger partial charge in [0.1, 0.15) is 5.82 Å². The standard InChI is InChI=1S/C17H16BrN3/c18-15-8-4-7-14-13(15)9-10-20-17(14)21-11-16(19)12-5-2-1-3-6-12/h1-10,16H,11,19H2,(H,20,21). The van der Waals surface area contributed by atoms with Gasteiger partial charge < -0.3 is 11.1 Å². The smallest absolute Gasteiger partial charge is 0.133 e. The molecule has 3 nitrogen and oxygen atoms in total. The van der Waals surface area contributed by atoms with Crippen molar-refractivity contribution >= 4 is 32.5 Å². The van der Waals surface area contributed by atoms with Gasteiger partial charge in [-0.15, -0.1) is 0 Å². The number of pyridine rings is 1. The second kappa shape index (κ2) is 6.24. The normalized spacial score (nSPS) is 12.3. The van der Waals surface area contributed by atoms with E-state index in [0.717, 1.165) is 26.6 Å². The highest BCUT2D eigenvalue weighted by atomic mass is 79.9. The molecule has 4 heteroatoms. The molecule has 0 fully saturated rings. The van der Waals surface area contributed by atoms with Crippen molar-refractivity contribution in [3.8, 4) is 0 Å². The molecular formula is C17H16BrN3. The summed E-state index contributed by atoms with van der Waals surface area (Å²) in [6.45, 7) is 0.642. The van der Waals surface area contributed by atoms with Crippen molar-refractivity contribution < 1.29 is 0 Å². The van der Waals surface area contributed by atoms with Crippen molar-refractivity contribution in [2.24, 2.45) is 5.73 Å². The Morgan fingerprint density at radius 3 is 2.62 bits per heavy atom. The zero-order chi connectivity index (χ0) is 14.7. The third-order valence-electron chi connectivity index (χ3n) is 3.47. The molecule has 1 atom stereocenters.